The smallest absolute Gasteiger partial charge is 0.409 e. The van der Waals surface area contributed by atoms with Crippen molar-refractivity contribution < 1.29 is 18.7 Å². The van der Waals surface area contributed by atoms with Crippen LogP contribution in [-0.2, 0) is 4.74 Å². The van der Waals surface area contributed by atoms with E-state index in [4.69, 9.17) is 4.74 Å². The van der Waals surface area contributed by atoms with Gasteiger partial charge in [-0.05, 0) is 44.2 Å². The largest absolute Gasteiger partial charge is 0.450 e. The fourth-order valence-corrected chi connectivity index (χ4v) is 2.61. The first-order chi connectivity index (χ1) is 11.1. The first-order valence-corrected chi connectivity index (χ1v) is 8.03. The fourth-order valence-electron chi connectivity index (χ4n) is 2.61. The van der Waals surface area contributed by atoms with Gasteiger partial charge in [0.05, 0.1) is 6.61 Å². The third kappa shape index (κ3) is 5.32. The molecule has 1 aromatic rings. The molecule has 0 aliphatic carbocycles. The Morgan fingerprint density at radius 1 is 1.13 bits per heavy atom. The Morgan fingerprint density at radius 2 is 1.78 bits per heavy atom. The molecular weight excluding hydrogens is 299 g/mol. The molecule has 0 N–H and O–H groups in total. The molecule has 2 rings (SSSR count). The van der Waals surface area contributed by atoms with Crippen molar-refractivity contribution in [3.05, 3.63) is 35.6 Å². The molecule has 1 amide bonds. The van der Waals surface area contributed by atoms with Crippen LogP contribution in [0, 0.1) is 5.82 Å². The van der Waals surface area contributed by atoms with Crippen molar-refractivity contribution in [2.75, 3.05) is 39.3 Å². The van der Waals surface area contributed by atoms with Crippen LogP contribution in [0.2, 0.25) is 0 Å². The summed E-state index contributed by atoms with van der Waals surface area (Å²) in [6, 6.07) is 5.66. The Kier molecular flexibility index (Phi) is 6.52. The third-order valence-electron chi connectivity index (χ3n) is 3.94. The topological polar surface area (TPSA) is 49.9 Å². The number of hydrogen-bond acceptors (Lipinski definition) is 4. The van der Waals surface area contributed by atoms with Gasteiger partial charge in [-0.25, -0.2) is 9.18 Å². The van der Waals surface area contributed by atoms with Crippen molar-refractivity contribution in [2.24, 2.45) is 0 Å². The molecule has 23 heavy (non-hydrogen) atoms. The van der Waals surface area contributed by atoms with Gasteiger partial charge in [-0.1, -0.05) is 0 Å². The van der Waals surface area contributed by atoms with Gasteiger partial charge in [0.15, 0.2) is 5.78 Å². The van der Waals surface area contributed by atoms with Crippen LogP contribution in [0.3, 0.4) is 0 Å². The van der Waals surface area contributed by atoms with Crippen LogP contribution in [-0.4, -0.2) is 61.0 Å². The maximum atomic E-state index is 12.8. The standard InChI is InChI=1S/C17H23FN2O3/c1-2-23-17(22)20-12-10-19(11-13-20)9-3-4-16(21)14-5-7-15(18)8-6-14/h5-8H,2-4,9-13H2,1H3. The predicted molar refractivity (Wildman–Crippen MR) is 85.0 cm³/mol. The maximum absolute atomic E-state index is 12.8. The van der Waals surface area contributed by atoms with Gasteiger partial charge in [-0.2, -0.15) is 0 Å². The number of nitrogens with zero attached hydrogens (tertiary/aromatic N) is 2. The van der Waals surface area contributed by atoms with Crippen LogP contribution < -0.4 is 0 Å². The van der Waals surface area contributed by atoms with Gasteiger partial charge in [0.2, 0.25) is 0 Å². The van der Waals surface area contributed by atoms with E-state index in [0.29, 0.717) is 31.7 Å². The molecule has 5 nitrogen and oxygen atoms in total. The minimum absolute atomic E-state index is 0.0372. The summed E-state index contributed by atoms with van der Waals surface area (Å²) in [5.74, 6) is -0.295. The second kappa shape index (κ2) is 8.62. The Balaban J connectivity index is 1.66. The number of piperazine rings is 1. The monoisotopic (exact) mass is 322 g/mol. The SMILES string of the molecule is CCOC(=O)N1CCN(CCCC(=O)c2ccc(F)cc2)CC1. The second-order valence-electron chi connectivity index (χ2n) is 5.56. The summed E-state index contributed by atoms with van der Waals surface area (Å²) in [6.45, 7) is 5.92. The molecule has 1 aromatic carbocycles. The van der Waals surface area contributed by atoms with Crippen LogP contribution >= 0.6 is 0 Å². The second-order valence-corrected chi connectivity index (χ2v) is 5.56. The summed E-state index contributed by atoms with van der Waals surface area (Å²) in [5.41, 5.74) is 0.554. The Morgan fingerprint density at radius 3 is 2.39 bits per heavy atom. The summed E-state index contributed by atoms with van der Waals surface area (Å²) in [4.78, 5) is 27.6. The summed E-state index contributed by atoms with van der Waals surface area (Å²) < 4.78 is 17.8. The minimum atomic E-state index is -0.332. The van der Waals surface area contributed by atoms with Crippen molar-refractivity contribution in [1.29, 1.82) is 0 Å². The highest BCUT2D eigenvalue weighted by atomic mass is 19.1. The van der Waals surface area contributed by atoms with Crippen LogP contribution in [0.15, 0.2) is 24.3 Å². The summed E-state index contributed by atoms with van der Waals surface area (Å²) >= 11 is 0. The predicted octanol–water partition coefficient (Wildman–Crippen LogP) is 2.56. The molecule has 1 aliphatic heterocycles. The molecule has 6 heteroatoms. The number of Topliss-reactive ketones (excluding diaryl/α,β-unsaturated/α-hetero) is 1. The number of benzene rings is 1. The Labute approximate surface area is 136 Å². The summed E-state index contributed by atoms with van der Waals surface area (Å²) in [7, 11) is 0. The number of hydrogen-bond donors (Lipinski definition) is 0. The molecule has 1 heterocycles. The highest BCUT2D eigenvalue weighted by Crippen LogP contribution is 2.09. The van der Waals surface area contributed by atoms with Gasteiger partial charge in [-0.3, -0.25) is 9.69 Å². The third-order valence-corrected chi connectivity index (χ3v) is 3.94. The Bertz CT molecular complexity index is 525. The van der Waals surface area contributed by atoms with E-state index in [1.807, 2.05) is 0 Å². The van der Waals surface area contributed by atoms with Crippen molar-refractivity contribution in [2.45, 2.75) is 19.8 Å². The molecular formula is C17H23FN2O3. The van der Waals surface area contributed by atoms with E-state index in [-0.39, 0.29) is 17.7 Å². The van der Waals surface area contributed by atoms with E-state index < -0.39 is 0 Å². The lowest BCUT2D eigenvalue weighted by atomic mass is 10.1. The molecule has 1 fully saturated rings. The lowest BCUT2D eigenvalue weighted by Crippen LogP contribution is -2.49. The average Bonchev–Trinajstić information content (AvgIpc) is 2.56. The number of carbonyl (C=O) groups excluding carboxylic acids is 2. The molecule has 0 aromatic heterocycles. The molecule has 0 bridgehead atoms. The van der Waals surface area contributed by atoms with Crippen LogP contribution in [0.5, 0.6) is 0 Å². The van der Waals surface area contributed by atoms with Gasteiger partial charge in [0, 0.05) is 38.2 Å². The van der Waals surface area contributed by atoms with E-state index in [9.17, 15) is 14.0 Å². The molecule has 1 saturated heterocycles. The van der Waals surface area contributed by atoms with Crippen molar-refractivity contribution in [1.82, 2.24) is 9.80 Å². The van der Waals surface area contributed by atoms with Crippen LogP contribution in [0.25, 0.3) is 0 Å². The van der Waals surface area contributed by atoms with Gasteiger partial charge in [-0.15, -0.1) is 0 Å². The van der Waals surface area contributed by atoms with E-state index >= 15 is 0 Å². The molecule has 0 radical (unpaired) electrons. The van der Waals surface area contributed by atoms with Gasteiger partial charge in [0.25, 0.3) is 0 Å². The average molecular weight is 322 g/mol. The molecule has 0 spiro atoms. The number of rotatable bonds is 6. The molecule has 0 unspecified atom stereocenters. The molecule has 126 valence electrons. The number of amides is 1. The van der Waals surface area contributed by atoms with E-state index in [1.165, 1.54) is 24.3 Å². The highest BCUT2D eigenvalue weighted by molar-refractivity contribution is 5.95. The number of carbonyl (C=O) groups is 2. The van der Waals surface area contributed by atoms with Crippen molar-refractivity contribution >= 4 is 11.9 Å². The highest BCUT2D eigenvalue weighted by Gasteiger charge is 2.21. The first kappa shape index (κ1) is 17.4. The van der Waals surface area contributed by atoms with Gasteiger partial charge in [0.1, 0.15) is 5.82 Å². The molecule has 0 saturated carbocycles. The van der Waals surface area contributed by atoms with Gasteiger partial charge >= 0.3 is 6.09 Å². The number of ketones is 1. The van der Waals surface area contributed by atoms with E-state index in [0.717, 1.165) is 26.1 Å². The van der Waals surface area contributed by atoms with E-state index in [2.05, 4.69) is 4.90 Å². The van der Waals surface area contributed by atoms with Crippen molar-refractivity contribution in [3.63, 3.8) is 0 Å². The zero-order valence-corrected chi connectivity index (χ0v) is 13.5. The lowest BCUT2D eigenvalue weighted by Gasteiger charge is -2.33. The summed E-state index contributed by atoms with van der Waals surface area (Å²) in [6.07, 6.45) is 0.956. The normalized spacial score (nSPS) is 15.5. The molecule has 0 atom stereocenters. The van der Waals surface area contributed by atoms with Crippen LogP contribution in [0.1, 0.15) is 30.1 Å². The lowest BCUT2D eigenvalue weighted by molar-refractivity contribution is 0.0787. The quantitative estimate of drug-likeness (QED) is 0.755. The van der Waals surface area contributed by atoms with Crippen LogP contribution in [0.4, 0.5) is 9.18 Å². The fraction of sp³-hybridized carbons (Fsp3) is 0.529. The van der Waals surface area contributed by atoms with Crippen molar-refractivity contribution in [3.8, 4) is 0 Å². The van der Waals surface area contributed by atoms with E-state index in [1.54, 1.807) is 11.8 Å². The molecule has 1 aliphatic rings. The van der Waals surface area contributed by atoms with Gasteiger partial charge < -0.3 is 9.64 Å². The minimum Gasteiger partial charge on any atom is -0.450 e. The first-order valence-electron chi connectivity index (χ1n) is 8.03. The summed E-state index contributed by atoms with van der Waals surface area (Å²) in [5, 5.41) is 0. The zero-order valence-electron chi connectivity index (χ0n) is 13.5. The Hall–Kier alpha value is -1.95. The number of ether oxygens (including phenoxy) is 1. The zero-order chi connectivity index (χ0) is 16.7. The maximum Gasteiger partial charge on any atom is 0.409 e. The number of halogens is 1.